The van der Waals surface area contributed by atoms with Gasteiger partial charge in [0, 0.05) is 16.8 Å². The van der Waals surface area contributed by atoms with E-state index in [0.29, 0.717) is 6.20 Å². The molecule has 0 N–H and O–H groups in total. The fourth-order valence-electron chi connectivity index (χ4n) is 1.42. The van der Waals surface area contributed by atoms with Gasteiger partial charge in [-0.1, -0.05) is 0 Å². The molecule has 0 spiro atoms. The van der Waals surface area contributed by atoms with Crippen LogP contribution in [0.4, 0.5) is 22.0 Å². The summed E-state index contributed by atoms with van der Waals surface area (Å²) in [5.74, 6) is -0.870. The Kier molecular flexibility index (Phi) is 4.06. The Balaban J connectivity index is 3.35. The van der Waals surface area contributed by atoms with Gasteiger partial charge in [-0.05, 0) is 6.92 Å². The van der Waals surface area contributed by atoms with Crippen molar-refractivity contribution in [2.45, 2.75) is 26.1 Å². The minimum Gasteiger partial charge on any atom is -0.404 e. The molecule has 0 bridgehead atoms. The molecule has 98 valence electrons. The Labute approximate surface area is 98.8 Å². The highest BCUT2D eigenvalue weighted by Crippen LogP contribution is 2.34. The maximum Gasteiger partial charge on any atom is 0.573 e. The lowest BCUT2D eigenvalue weighted by Gasteiger charge is -2.15. The lowest BCUT2D eigenvalue weighted by Crippen LogP contribution is -2.19. The fourth-order valence-corrected chi connectivity index (χ4v) is 1.42. The van der Waals surface area contributed by atoms with Gasteiger partial charge in [0.25, 0.3) is 6.43 Å². The number of nitriles is 1. The van der Waals surface area contributed by atoms with Crippen molar-refractivity contribution in [2.24, 2.45) is 0 Å². The molecule has 0 aliphatic heterocycles. The highest BCUT2D eigenvalue weighted by Gasteiger charge is 2.33. The van der Waals surface area contributed by atoms with E-state index in [1.165, 1.54) is 13.0 Å². The normalized spacial score (nSPS) is 11.4. The lowest BCUT2D eigenvalue weighted by molar-refractivity contribution is -0.275. The number of pyridine rings is 1. The zero-order valence-electron chi connectivity index (χ0n) is 9.05. The van der Waals surface area contributed by atoms with E-state index in [-0.39, 0.29) is 5.69 Å². The molecule has 18 heavy (non-hydrogen) atoms. The number of hydrogen-bond donors (Lipinski definition) is 0. The van der Waals surface area contributed by atoms with Crippen molar-refractivity contribution < 1.29 is 26.7 Å². The van der Waals surface area contributed by atoms with E-state index in [0.717, 1.165) is 0 Å². The van der Waals surface area contributed by atoms with Crippen LogP contribution < -0.4 is 4.74 Å². The van der Waals surface area contributed by atoms with Crippen LogP contribution in [0, 0.1) is 18.3 Å². The van der Waals surface area contributed by atoms with Gasteiger partial charge in [-0.3, -0.25) is 4.98 Å². The molecule has 1 aromatic heterocycles. The summed E-state index contributed by atoms with van der Waals surface area (Å²) in [6.07, 6.45) is -7.99. The van der Waals surface area contributed by atoms with E-state index in [9.17, 15) is 22.0 Å². The average Bonchev–Trinajstić information content (AvgIpc) is 2.20. The molecule has 8 heteroatoms. The summed E-state index contributed by atoms with van der Waals surface area (Å²) in [4.78, 5) is 3.41. The standard InChI is InChI=1S/C10H7F5N2O/c1-5-8(9(11)12)6(2-3-16)7(4-17-5)18-10(13,14)15/h4,9H,2H2,1H3. The third-order valence-electron chi connectivity index (χ3n) is 2.09. The van der Waals surface area contributed by atoms with Crippen LogP contribution in [0.1, 0.15) is 23.2 Å². The van der Waals surface area contributed by atoms with Crippen LogP contribution in [0.2, 0.25) is 0 Å². The Bertz CT molecular complexity index is 478. The van der Waals surface area contributed by atoms with Crippen LogP contribution in [-0.4, -0.2) is 11.3 Å². The number of rotatable bonds is 3. The fraction of sp³-hybridized carbons (Fsp3) is 0.400. The van der Waals surface area contributed by atoms with Crippen molar-refractivity contribution in [1.82, 2.24) is 4.98 Å². The van der Waals surface area contributed by atoms with Crippen LogP contribution in [0.5, 0.6) is 5.75 Å². The van der Waals surface area contributed by atoms with Crippen LogP contribution >= 0.6 is 0 Å². The smallest absolute Gasteiger partial charge is 0.404 e. The van der Waals surface area contributed by atoms with Gasteiger partial charge in [0.2, 0.25) is 0 Å². The molecule has 0 unspecified atom stereocenters. The molecule has 1 rings (SSSR count). The predicted molar refractivity (Wildman–Crippen MR) is 49.9 cm³/mol. The molecular weight excluding hydrogens is 259 g/mol. The second-order valence-corrected chi connectivity index (χ2v) is 3.28. The molecule has 1 aromatic rings. The number of alkyl halides is 5. The summed E-state index contributed by atoms with van der Waals surface area (Å²) in [6.45, 7) is 1.22. The molecule has 3 nitrogen and oxygen atoms in total. The topological polar surface area (TPSA) is 45.9 Å². The molecule has 0 radical (unpaired) electrons. The van der Waals surface area contributed by atoms with Gasteiger partial charge in [-0.15, -0.1) is 13.2 Å². The molecule has 1 heterocycles. The summed E-state index contributed by atoms with van der Waals surface area (Å²) in [7, 11) is 0. The van der Waals surface area contributed by atoms with Crippen LogP contribution in [0.15, 0.2) is 6.20 Å². The second-order valence-electron chi connectivity index (χ2n) is 3.28. The summed E-state index contributed by atoms with van der Waals surface area (Å²) >= 11 is 0. The van der Waals surface area contributed by atoms with E-state index in [2.05, 4.69) is 9.72 Å². The van der Waals surface area contributed by atoms with Gasteiger partial charge in [0.05, 0.1) is 18.7 Å². The third kappa shape index (κ3) is 3.29. The first-order chi connectivity index (χ1) is 8.26. The zero-order chi connectivity index (χ0) is 13.9. The van der Waals surface area contributed by atoms with Gasteiger partial charge >= 0.3 is 6.36 Å². The molecule has 0 amide bonds. The number of hydrogen-bond acceptors (Lipinski definition) is 3. The minimum absolute atomic E-state index is 0.134. The quantitative estimate of drug-likeness (QED) is 0.788. The van der Waals surface area contributed by atoms with Crippen LogP contribution in [0.25, 0.3) is 0 Å². The van der Waals surface area contributed by atoms with Crippen molar-refractivity contribution in [2.75, 3.05) is 0 Å². The average molecular weight is 266 g/mol. The first-order valence-electron chi connectivity index (χ1n) is 4.65. The maximum atomic E-state index is 12.7. The van der Waals surface area contributed by atoms with Crippen molar-refractivity contribution in [3.8, 4) is 11.8 Å². The third-order valence-corrected chi connectivity index (χ3v) is 2.09. The molecular formula is C10H7F5N2O. The summed E-state index contributed by atoms with van der Waals surface area (Å²) in [6, 6.07) is 1.52. The molecule has 0 fully saturated rings. The van der Waals surface area contributed by atoms with Crippen molar-refractivity contribution in [1.29, 1.82) is 5.26 Å². The minimum atomic E-state index is -5.03. The first-order valence-corrected chi connectivity index (χ1v) is 4.65. The zero-order valence-corrected chi connectivity index (χ0v) is 9.05. The van der Waals surface area contributed by atoms with Gasteiger partial charge in [-0.2, -0.15) is 5.26 Å². The van der Waals surface area contributed by atoms with Crippen LogP contribution in [-0.2, 0) is 6.42 Å². The van der Waals surface area contributed by atoms with Crippen molar-refractivity contribution in [3.05, 3.63) is 23.0 Å². The van der Waals surface area contributed by atoms with Gasteiger partial charge in [-0.25, -0.2) is 8.78 Å². The number of aromatic nitrogens is 1. The highest BCUT2D eigenvalue weighted by atomic mass is 19.4. The lowest BCUT2D eigenvalue weighted by atomic mass is 10.0. The van der Waals surface area contributed by atoms with E-state index in [1.54, 1.807) is 0 Å². The Hall–Kier alpha value is -1.91. The summed E-state index contributed by atoms with van der Waals surface area (Å²) < 4.78 is 65.3. The number of nitrogens with zero attached hydrogens (tertiary/aromatic N) is 2. The van der Waals surface area contributed by atoms with Crippen LogP contribution in [0.3, 0.4) is 0 Å². The number of halogens is 5. The Morgan fingerprint density at radius 3 is 2.50 bits per heavy atom. The molecule has 0 aromatic carbocycles. The SMILES string of the molecule is Cc1ncc(OC(F)(F)F)c(CC#N)c1C(F)F. The van der Waals surface area contributed by atoms with E-state index in [1.807, 2.05) is 0 Å². The van der Waals surface area contributed by atoms with Gasteiger partial charge in [0.1, 0.15) is 0 Å². The maximum absolute atomic E-state index is 12.7. The number of aryl methyl sites for hydroxylation is 1. The highest BCUT2D eigenvalue weighted by molar-refractivity contribution is 5.43. The molecule has 0 aliphatic carbocycles. The van der Waals surface area contributed by atoms with E-state index < -0.39 is 36.1 Å². The van der Waals surface area contributed by atoms with Crippen molar-refractivity contribution in [3.63, 3.8) is 0 Å². The molecule has 0 saturated carbocycles. The van der Waals surface area contributed by atoms with E-state index >= 15 is 0 Å². The summed E-state index contributed by atoms with van der Waals surface area (Å²) in [5.41, 5.74) is -1.32. The van der Waals surface area contributed by atoms with E-state index in [4.69, 9.17) is 5.26 Å². The monoisotopic (exact) mass is 266 g/mol. The Morgan fingerprint density at radius 2 is 2.06 bits per heavy atom. The summed E-state index contributed by atoms with van der Waals surface area (Å²) in [5, 5.41) is 8.49. The van der Waals surface area contributed by atoms with Crippen molar-refractivity contribution >= 4 is 0 Å². The number of ether oxygens (including phenoxy) is 1. The first kappa shape index (κ1) is 14.2. The molecule has 0 atom stereocenters. The van der Waals surface area contributed by atoms with Gasteiger partial charge < -0.3 is 4.74 Å². The van der Waals surface area contributed by atoms with Gasteiger partial charge in [0.15, 0.2) is 5.75 Å². The second kappa shape index (κ2) is 5.16. The molecule has 0 saturated heterocycles. The predicted octanol–water partition coefficient (Wildman–Crippen LogP) is 3.29. The largest absolute Gasteiger partial charge is 0.573 e. The Morgan fingerprint density at radius 1 is 1.44 bits per heavy atom. The molecule has 0 aliphatic rings.